The first kappa shape index (κ1) is 14.8. The molecule has 5 nitrogen and oxygen atoms in total. The minimum Gasteiger partial charge on any atom is -0.477 e. The van der Waals surface area contributed by atoms with Crippen molar-refractivity contribution < 1.29 is 23.1 Å². The molecular weight excluding hydrogens is 307 g/mol. The molecule has 0 unspecified atom stereocenters. The normalized spacial score (nSPS) is 11.0. The number of thiazole rings is 1. The van der Waals surface area contributed by atoms with Gasteiger partial charge in [0.05, 0.1) is 23.4 Å². The van der Waals surface area contributed by atoms with Crippen LogP contribution in [0.25, 0.3) is 0 Å². The van der Waals surface area contributed by atoms with Crippen molar-refractivity contribution in [1.29, 1.82) is 5.26 Å². The molecule has 2 N–H and O–H groups in total. The molecule has 0 radical (unpaired) electrons. The average Bonchev–Trinajstić information content (AvgIpc) is 2.86. The molecular formula is C12H6F3N3O2S. The van der Waals surface area contributed by atoms with Crippen molar-refractivity contribution in [3.8, 4) is 6.07 Å². The van der Waals surface area contributed by atoms with E-state index in [1.807, 2.05) is 0 Å². The van der Waals surface area contributed by atoms with Crippen molar-refractivity contribution in [2.75, 3.05) is 5.32 Å². The van der Waals surface area contributed by atoms with Crippen LogP contribution < -0.4 is 5.32 Å². The lowest BCUT2D eigenvalue weighted by Gasteiger charge is -2.11. The summed E-state index contributed by atoms with van der Waals surface area (Å²) < 4.78 is 38.4. The van der Waals surface area contributed by atoms with Crippen LogP contribution in [0.1, 0.15) is 20.8 Å². The second-order valence-electron chi connectivity index (χ2n) is 3.83. The maximum atomic E-state index is 12.8. The summed E-state index contributed by atoms with van der Waals surface area (Å²) >= 11 is 0.791. The first-order valence-corrected chi connectivity index (χ1v) is 6.20. The molecule has 108 valence electrons. The number of aromatic nitrogens is 1. The van der Waals surface area contributed by atoms with Crippen molar-refractivity contribution in [3.63, 3.8) is 0 Å². The van der Waals surface area contributed by atoms with E-state index < -0.39 is 23.3 Å². The predicted octanol–water partition coefficient (Wildman–Crippen LogP) is 3.48. The Morgan fingerprint density at radius 2 is 2.14 bits per heavy atom. The topological polar surface area (TPSA) is 86.0 Å². The Labute approximate surface area is 120 Å². The monoisotopic (exact) mass is 313 g/mol. The Morgan fingerprint density at radius 3 is 2.67 bits per heavy atom. The smallest absolute Gasteiger partial charge is 0.417 e. The summed E-state index contributed by atoms with van der Waals surface area (Å²) in [6, 6.07) is 4.58. The van der Waals surface area contributed by atoms with Crippen molar-refractivity contribution >= 4 is 28.1 Å². The zero-order valence-corrected chi connectivity index (χ0v) is 10.9. The molecule has 1 heterocycles. The number of hydrogen-bond donors (Lipinski definition) is 2. The Balaban J connectivity index is 2.33. The molecule has 2 rings (SSSR count). The molecule has 2 aromatic rings. The first-order chi connectivity index (χ1) is 9.81. The Bertz CT molecular complexity index is 734. The van der Waals surface area contributed by atoms with Crippen LogP contribution in [0, 0.1) is 11.3 Å². The number of nitrogens with zero attached hydrogens (tertiary/aromatic N) is 2. The van der Waals surface area contributed by atoms with Crippen LogP contribution >= 0.6 is 11.3 Å². The van der Waals surface area contributed by atoms with Crippen LogP contribution in [-0.2, 0) is 6.18 Å². The van der Waals surface area contributed by atoms with Gasteiger partial charge in [0.1, 0.15) is 4.88 Å². The van der Waals surface area contributed by atoms with Crippen LogP contribution in [-0.4, -0.2) is 16.1 Å². The molecule has 1 aromatic carbocycles. The fourth-order valence-electron chi connectivity index (χ4n) is 1.51. The largest absolute Gasteiger partial charge is 0.477 e. The quantitative estimate of drug-likeness (QED) is 0.906. The van der Waals surface area contributed by atoms with Crippen LogP contribution in [0.5, 0.6) is 0 Å². The molecule has 0 atom stereocenters. The second-order valence-corrected chi connectivity index (χ2v) is 4.86. The van der Waals surface area contributed by atoms with Gasteiger partial charge in [-0.25, -0.2) is 9.78 Å². The highest BCUT2D eigenvalue weighted by Crippen LogP contribution is 2.34. The van der Waals surface area contributed by atoms with E-state index in [1.165, 1.54) is 12.1 Å². The summed E-state index contributed by atoms with van der Waals surface area (Å²) in [6.45, 7) is 0. The highest BCUT2D eigenvalue weighted by atomic mass is 32.1. The van der Waals surface area contributed by atoms with E-state index in [9.17, 15) is 18.0 Å². The van der Waals surface area contributed by atoms with E-state index in [-0.39, 0.29) is 15.7 Å². The third kappa shape index (κ3) is 3.29. The molecule has 0 aliphatic rings. The number of carboxylic acid groups (broad SMARTS) is 1. The van der Waals surface area contributed by atoms with Crippen LogP contribution in [0.4, 0.5) is 24.0 Å². The number of anilines is 2. The number of hydrogen-bond acceptors (Lipinski definition) is 5. The third-order valence-corrected chi connectivity index (χ3v) is 3.31. The standard InChI is InChI=1S/C12H6F3N3O2S/c13-12(14,15)8-3-7(2-1-6(8)4-16)18-11-17-5-9(21-11)10(19)20/h1-3,5H,(H,17,18)(H,19,20). The van der Waals surface area contributed by atoms with Gasteiger partial charge in [0.25, 0.3) is 0 Å². The van der Waals surface area contributed by atoms with Gasteiger partial charge in [0, 0.05) is 5.69 Å². The van der Waals surface area contributed by atoms with Gasteiger partial charge < -0.3 is 10.4 Å². The van der Waals surface area contributed by atoms with Gasteiger partial charge in [0.15, 0.2) is 5.13 Å². The highest BCUT2D eigenvalue weighted by molar-refractivity contribution is 7.17. The molecule has 0 aliphatic heterocycles. The molecule has 0 aliphatic carbocycles. The Kier molecular flexibility index (Phi) is 3.82. The minimum absolute atomic E-state index is 0.0396. The summed E-state index contributed by atoms with van der Waals surface area (Å²) in [6.07, 6.45) is -3.55. The molecule has 0 fully saturated rings. The fourth-order valence-corrected chi connectivity index (χ4v) is 2.18. The molecule has 0 saturated heterocycles. The molecule has 0 bridgehead atoms. The Hall–Kier alpha value is -2.60. The minimum atomic E-state index is -4.65. The average molecular weight is 313 g/mol. The molecule has 0 amide bonds. The summed E-state index contributed by atoms with van der Waals surface area (Å²) in [5.41, 5.74) is -1.49. The molecule has 1 aromatic heterocycles. The van der Waals surface area contributed by atoms with Crippen molar-refractivity contribution in [2.45, 2.75) is 6.18 Å². The zero-order chi connectivity index (χ0) is 15.6. The number of carbonyl (C=O) groups is 1. The van der Waals surface area contributed by atoms with Crippen LogP contribution in [0.15, 0.2) is 24.4 Å². The van der Waals surface area contributed by atoms with Crippen molar-refractivity contribution in [3.05, 3.63) is 40.4 Å². The number of aromatic carboxylic acids is 1. The number of nitriles is 1. The van der Waals surface area contributed by atoms with Gasteiger partial charge in [-0.05, 0) is 18.2 Å². The number of rotatable bonds is 3. The van der Waals surface area contributed by atoms with Crippen LogP contribution in [0.2, 0.25) is 0 Å². The molecule has 9 heteroatoms. The van der Waals surface area contributed by atoms with Gasteiger partial charge >= 0.3 is 12.1 Å². The van der Waals surface area contributed by atoms with E-state index in [1.54, 1.807) is 0 Å². The molecule has 0 saturated carbocycles. The lowest BCUT2D eigenvalue weighted by Crippen LogP contribution is -2.08. The maximum absolute atomic E-state index is 12.8. The molecule has 21 heavy (non-hydrogen) atoms. The predicted molar refractivity (Wildman–Crippen MR) is 68.5 cm³/mol. The van der Waals surface area contributed by atoms with E-state index in [0.717, 1.165) is 29.7 Å². The van der Waals surface area contributed by atoms with Gasteiger partial charge in [-0.15, -0.1) is 0 Å². The number of carboxylic acids is 1. The molecule has 0 spiro atoms. The van der Waals surface area contributed by atoms with Crippen molar-refractivity contribution in [2.24, 2.45) is 0 Å². The zero-order valence-electron chi connectivity index (χ0n) is 10.1. The second kappa shape index (κ2) is 5.41. The van der Waals surface area contributed by atoms with E-state index in [4.69, 9.17) is 10.4 Å². The Morgan fingerprint density at radius 1 is 1.43 bits per heavy atom. The van der Waals surface area contributed by atoms with Gasteiger partial charge in [-0.3, -0.25) is 0 Å². The number of benzene rings is 1. The number of nitrogens with one attached hydrogen (secondary N) is 1. The first-order valence-electron chi connectivity index (χ1n) is 5.39. The van der Waals surface area contributed by atoms with Gasteiger partial charge in [-0.1, -0.05) is 11.3 Å². The summed E-state index contributed by atoms with van der Waals surface area (Å²) in [7, 11) is 0. The summed E-state index contributed by atoms with van der Waals surface area (Å²) in [4.78, 5) is 14.4. The maximum Gasteiger partial charge on any atom is 0.417 e. The SMILES string of the molecule is N#Cc1ccc(Nc2ncc(C(=O)O)s2)cc1C(F)(F)F. The fraction of sp³-hybridized carbons (Fsp3) is 0.0833. The van der Waals surface area contributed by atoms with Gasteiger partial charge in [-0.2, -0.15) is 18.4 Å². The third-order valence-electron chi connectivity index (χ3n) is 2.41. The van der Waals surface area contributed by atoms with E-state index >= 15 is 0 Å². The number of halogens is 3. The van der Waals surface area contributed by atoms with Crippen LogP contribution in [0.3, 0.4) is 0 Å². The van der Waals surface area contributed by atoms with E-state index in [0.29, 0.717) is 0 Å². The van der Waals surface area contributed by atoms with Gasteiger partial charge in [0.2, 0.25) is 0 Å². The summed E-state index contributed by atoms with van der Waals surface area (Å²) in [5.74, 6) is -1.17. The van der Waals surface area contributed by atoms with Crippen molar-refractivity contribution in [1.82, 2.24) is 4.98 Å². The highest BCUT2D eigenvalue weighted by Gasteiger charge is 2.33. The summed E-state index contributed by atoms with van der Waals surface area (Å²) in [5, 5.41) is 20.1. The number of alkyl halides is 3. The lowest BCUT2D eigenvalue weighted by atomic mass is 10.1. The van der Waals surface area contributed by atoms with E-state index in [2.05, 4.69) is 10.3 Å². The lowest BCUT2D eigenvalue weighted by molar-refractivity contribution is -0.137.